The summed E-state index contributed by atoms with van der Waals surface area (Å²) in [5.41, 5.74) is 4.03. The minimum Gasteiger partial charge on any atom is -0.126 e. The van der Waals surface area contributed by atoms with E-state index in [1.807, 2.05) is 0 Å². The average molecular weight is 530 g/mol. The largest absolute Gasteiger partial charge is 0.126 e. The van der Waals surface area contributed by atoms with E-state index in [0.29, 0.717) is 5.92 Å². The van der Waals surface area contributed by atoms with Gasteiger partial charge in [-0.1, -0.05) is 56.2 Å². The number of hydrogen-bond acceptors (Lipinski definition) is 0. The molecule has 0 aromatic heterocycles. The molecule has 0 N–H and O–H groups in total. The third kappa shape index (κ3) is 6.77. The van der Waals surface area contributed by atoms with Crippen LogP contribution in [0.5, 0.6) is 0 Å². The van der Waals surface area contributed by atoms with E-state index < -0.39 is 0 Å². The van der Waals surface area contributed by atoms with Crippen molar-refractivity contribution in [2.45, 2.75) is 20.3 Å². The molecule has 0 unspecified atom stereocenters. The molecule has 0 heterocycles. The van der Waals surface area contributed by atoms with Gasteiger partial charge in [-0.05, 0) is 0 Å². The Morgan fingerprint density at radius 1 is 0.686 bits per heavy atom. The van der Waals surface area contributed by atoms with Crippen molar-refractivity contribution in [3.05, 3.63) is 150 Å². The Balaban J connectivity index is 0.000000129. The van der Waals surface area contributed by atoms with Gasteiger partial charge in [0.25, 0.3) is 0 Å². The van der Waals surface area contributed by atoms with Crippen LogP contribution in [0.1, 0.15) is 31.4 Å². The summed E-state index contributed by atoms with van der Waals surface area (Å²) in [7, 11) is 0. The van der Waals surface area contributed by atoms with Gasteiger partial charge in [0, 0.05) is 0 Å². The van der Waals surface area contributed by atoms with Gasteiger partial charge in [0.1, 0.15) is 0 Å². The van der Waals surface area contributed by atoms with Crippen molar-refractivity contribution in [2.24, 2.45) is 5.92 Å². The summed E-state index contributed by atoms with van der Waals surface area (Å²) in [6, 6.07) is 40.4. The summed E-state index contributed by atoms with van der Waals surface area (Å²) in [6.07, 6.45) is 8.59. The number of allylic oxidation sites excluding steroid dienone is 4. The maximum Gasteiger partial charge on any atom is -0.0771 e. The van der Waals surface area contributed by atoms with Crippen LogP contribution < -0.4 is 0 Å². The van der Waals surface area contributed by atoms with Gasteiger partial charge >= 0.3 is 99.2 Å². The quantitative estimate of drug-likeness (QED) is 0.205. The van der Waals surface area contributed by atoms with E-state index in [0.717, 1.165) is 6.42 Å². The molecule has 0 radical (unpaired) electrons. The number of hydrogen-bond donors (Lipinski definition) is 0. The van der Waals surface area contributed by atoms with Gasteiger partial charge < -0.3 is 0 Å². The van der Waals surface area contributed by atoms with Gasteiger partial charge in [0.05, 0.1) is 0 Å². The Morgan fingerprint density at radius 3 is 1.54 bits per heavy atom. The summed E-state index contributed by atoms with van der Waals surface area (Å²) < 4.78 is 1.42. The first-order chi connectivity index (χ1) is 17.1. The zero-order valence-corrected chi connectivity index (χ0v) is 22.9. The fourth-order valence-electron chi connectivity index (χ4n) is 4.10. The van der Waals surface area contributed by atoms with Gasteiger partial charge in [-0.3, -0.25) is 6.08 Å². The second kappa shape index (κ2) is 12.6. The minimum atomic E-state index is 0.661. The molecular formula is C34H30Zr. The van der Waals surface area contributed by atoms with Crippen molar-refractivity contribution in [1.29, 1.82) is 0 Å². The first kappa shape index (κ1) is 25.1. The molecule has 35 heavy (non-hydrogen) atoms. The van der Waals surface area contributed by atoms with Crippen molar-refractivity contribution in [3.63, 3.8) is 0 Å². The van der Waals surface area contributed by atoms with Crippen LogP contribution in [0, 0.1) is 12.0 Å². The fraction of sp³-hybridized carbons (Fsp3) is 0.118. The molecule has 1 aliphatic carbocycles. The van der Waals surface area contributed by atoms with E-state index in [1.54, 1.807) is 0 Å². The van der Waals surface area contributed by atoms with E-state index in [9.17, 15) is 0 Å². The second-order valence-corrected chi connectivity index (χ2v) is 10.0. The molecule has 0 nitrogen and oxygen atoms in total. The van der Waals surface area contributed by atoms with Crippen LogP contribution in [0.2, 0.25) is 0 Å². The molecule has 6 rings (SSSR count). The van der Waals surface area contributed by atoms with Crippen molar-refractivity contribution in [1.82, 2.24) is 0 Å². The molecule has 1 aliphatic rings. The summed E-state index contributed by atoms with van der Waals surface area (Å²) in [4.78, 5) is 0. The molecular weight excluding hydrogens is 500 g/mol. The van der Waals surface area contributed by atoms with E-state index in [1.165, 1.54) is 65.7 Å². The van der Waals surface area contributed by atoms with Crippen LogP contribution in [0.4, 0.5) is 0 Å². The van der Waals surface area contributed by atoms with Gasteiger partial charge in [-0.2, -0.15) is 6.08 Å². The van der Waals surface area contributed by atoms with Gasteiger partial charge in [-0.25, -0.2) is 11.6 Å². The molecule has 0 saturated carbocycles. The van der Waals surface area contributed by atoms with Crippen LogP contribution in [0.15, 0.2) is 133 Å². The Labute approximate surface area is 224 Å². The number of rotatable bonds is 3. The monoisotopic (exact) mass is 528 g/mol. The van der Waals surface area contributed by atoms with E-state index in [4.69, 9.17) is 0 Å². The third-order valence-electron chi connectivity index (χ3n) is 5.99. The molecule has 5 aromatic carbocycles. The van der Waals surface area contributed by atoms with Crippen LogP contribution in [0.3, 0.4) is 0 Å². The van der Waals surface area contributed by atoms with Crippen molar-refractivity contribution < 1.29 is 24.2 Å². The molecule has 0 saturated heterocycles. The molecule has 0 aliphatic heterocycles. The van der Waals surface area contributed by atoms with E-state index >= 15 is 0 Å². The van der Waals surface area contributed by atoms with E-state index in [2.05, 4.69) is 147 Å². The smallest absolute Gasteiger partial charge is 0.0771 e. The predicted octanol–water partition coefficient (Wildman–Crippen LogP) is 8.85. The zero-order chi connectivity index (χ0) is 24.5. The second-order valence-electron chi connectivity index (χ2n) is 8.82. The summed E-state index contributed by atoms with van der Waals surface area (Å²) in [5.74, 6) is 0.661. The summed E-state index contributed by atoms with van der Waals surface area (Å²) in [5, 5.41) is 5.39. The Kier molecular flexibility index (Phi) is 9.04. The van der Waals surface area contributed by atoms with Gasteiger partial charge in [0.15, 0.2) is 0 Å². The Hall–Kier alpha value is -3.02. The molecule has 170 valence electrons. The van der Waals surface area contributed by atoms with Crippen LogP contribution in [-0.4, -0.2) is 3.21 Å². The Bertz CT molecular complexity index is 1340. The predicted molar refractivity (Wildman–Crippen MR) is 148 cm³/mol. The minimum absolute atomic E-state index is 0.661. The summed E-state index contributed by atoms with van der Waals surface area (Å²) >= 11 is 1.46. The van der Waals surface area contributed by atoms with Crippen molar-refractivity contribution >= 4 is 24.8 Å². The number of fused-ring (bicyclic) bond motifs is 3. The number of benzene rings is 4. The first-order valence-electron chi connectivity index (χ1n) is 12.1. The normalized spacial score (nSPS) is 12.1. The molecule has 0 amide bonds. The molecule has 0 spiro atoms. The average Bonchev–Trinajstić information content (AvgIpc) is 3.59. The molecule has 0 fully saturated rings. The molecule has 0 bridgehead atoms. The van der Waals surface area contributed by atoms with Crippen molar-refractivity contribution in [3.8, 4) is 0 Å². The molecule has 1 heteroatoms. The molecule has 5 aromatic rings. The first-order valence-corrected chi connectivity index (χ1v) is 13.4. The molecule has 0 atom stereocenters. The van der Waals surface area contributed by atoms with Crippen LogP contribution in [0.25, 0.3) is 21.5 Å². The SMILES string of the molecule is CC(C)C1=[C-]CC=C1.[Zr+2]=[C](c1ccccc1)c1ccccc1.c1ccc2c(c1)[cH-]c1ccccc12. The van der Waals surface area contributed by atoms with Crippen LogP contribution >= 0.6 is 0 Å². The van der Waals surface area contributed by atoms with Gasteiger partial charge in [-0.15, -0.1) is 46.2 Å². The third-order valence-corrected chi connectivity index (χ3v) is 7.41. The topological polar surface area (TPSA) is 0 Å². The Morgan fingerprint density at radius 2 is 1.14 bits per heavy atom. The van der Waals surface area contributed by atoms with E-state index in [-0.39, 0.29) is 0 Å². The van der Waals surface area contributed by atoms with Gasteiger partial charge in [0.2, 0.25) is 0 Å². The maximum atomic E-state index is 3.26. The fourth-order valence-corrected chi connectivity index (χ4v) is 4.92. The van der Waals surface area contributed by atoms with Crippen LogP contribution in [-0.2, 0) is 24.2 Å². The summed E-state index contributed by atoms with van der Waals surface area (Å²) in [6.45, 7) is 4.38. The van der Waals surface area contributed by atoms with Crippen molar-refractivity contribution in [2.75, 3.05) is 0 Å². The standard InChI is InChI=1S/C13H9.C13H10.C8H11.Zr/c1-3-7-12-10(5-1)9-11-6-2-4-8-13(11)12;1-3-7-12(8-4-1)11-13-9-5-2-6-10-13;1-7(2)8-5-3-4-6-8;/h1-9H;1-10H;3,5,7H,4H2,1-2H3;/q-1;;-1;+2. The zero-order valence-electron chi connectivity index (χ0n) is 20.4. The maximum absolute atomic E-state index is 3.26.